The maximum atomic E-state index is 9.77. The van der Waals surface area contributed by atoms with Gasteiger partial charge in [0.25, 0.3) is 0 Å². The monoisotopic (exact) mass is 259 g/mol. The minimum absolute atomic E-state index is 0.0950. The van der Waals surface area contributed by atoms with Crippen LogP contribution in [0.15, 0.2) is 30.5 Å². The molecule has 1 aromatic heterocycles. The van der Waals surface area contributed by atoms with Gasteiger partial charge in [-0.15, -0.1) is 0 Å². The van der Waals surface area contributed by atoms with E-state index in [1.165, 1.54) is 12.1 Å². The van der Waals surface area contributed by atoms with Gasteiger partial charge in [-0.3, -0.25) is 0 Å². The summed E-state index contributed by atoms with van der Waals surface area (Å²) in [6, 6.07) is 6.24. The van der Waals surface area contributed by atoms with Crippen molar-refractivity contribution >= 4 is 0 Å². The molecule has 0 aliphatic carbocycles. The Kier molecular flexibility index (Phi) is 3.97. The molecule has 1 atom stereocenters. The molecule has 0 bridgehead atoms. The molecule has 0 saturated carbocycles. The molecule has 5 heteroatoms. The van der Waals surface area contributed by atoms with Crippen molar-refractivity contribution in [2.24, 2.45) is 0 Å². The number of nitrogens with one attached hydrogen (secondary N) is 1. The number of benzene rings is 1. The van der Waals surface area contributed by atoms with Crippen molar-refractivity contribution in [3.8, 4) is 11.5 Å². The van der Waals surface area contributed by atoms with Crippen LogP contribution in [-0.4, -0.2) is 20.2 Å². The number of aryl methyl sites for hydroxylation is 1. The third kappa shape index (κ3) is 3.42. The molecule has 3 N–H and O–H groups in total. The first-order chi connectivity index (χ1) is 9.06. The third-order valence-corrected chi connectivity index (χ3v) is 2.90. The standard InChI is InChI=1S/C14H17N3O2/c1-9(13-7-12(18)3-4-14(13)19)16-8-11-5-6-15-10(2)17-11/h3-7,9,16,18-19H,8H2,1-2H3. The zero-order chi connectivity index (χ0) is 13.8. The predicted octanol–water partition coefficient (Wildman–Crippen LogP) is 2.05. The van der Waals surface area contributed by atoms with E-state index in [1.807, 2.05) is 19.9 Å². The summed E-state index contributed by atoms with van der Waals surface area (Å²) in [5, 5.41) is 22.5. The molecule has 1 heterocycles. The molecule has 100 valence electrons. The first kappa shape index (κ1) is 13.3. The fraction of sp³-hybridized carbons (Fsp3) is 0.286. The van der Waals surface area contributed by atoms with Crippen molar-refractivity contribution in [1.82, 2.24) is 15.3 Å². The largest absolute Gasteiger partial charge is 0.508 e. The summed E-state index contributed by atoms with van der Waals surface area (Å²) in [4.78, 5) is 8.33. The topological polar surface area (TPSA) is 78.3 Å². The SMILES string of the molecule is Cc1nccc(CNC(C)c2cc(O)ccc2O)n1. The number of rotatable bonds is 4. The van der Waals surface area contributed by atoms with E-state index in [1.54, 1.807) is 12.3 Å². The van der Waals surface area contributed by atoms with Gasteiger partial charge in [0.2, 0.25) is 0 Å². The molecular formula is C14H17N3O2. The van der Waals surface area contributed by atoms with Crippen LogP contribution in [0.2, 0.25) is 0 Å². The minimum Gasteiger partial charge on any atom is -0.508 e. The van der Waals surface area contributed by atoms with Crippen LogP contribution in [0.3, 0.4) is 0 Å². The van der Waals surface area contributed by atoms with Gasteiger partial charge in [0.05, 0.1) is 5.69 Å². The van der Waals surface area contributed by atoms with Crippen molar-refractivity contribution in [2.45, 2.75) is 26.4 Å². The van der Waals surface area contributed by atoms with Crippen molar-refractivity contribution < 1.29 is 10.2 Å². The Bertz CT molecular complexity index is 572. The Balaban J connectivity index is 2.05. The van der Waals surface area contributed by atoms with Gasteiger partial charge in [0.1, 0.15) is 17.3 Å². The maximum absolute atomic E-state index is 9.77. The van der Waals surface area contributed by atoms with Crippen LogP contribution in [-0.2, 0) is 6.54 Å². The second-order valence-electron chi connectivity index (χ2n) is 4.44. The lowest BCUT2D eigenvalue weighted by molar-refractivity contribution is 0.440. The highest BCUT2D eigenvalue weighted by atomic mass is 16.3. The van der Waals surface area contributed by atoms with E-state index in [0.717, 1.165) is 11.5 Å². The maximum Gasteiger partial charge on any atom is 0.125 e. The summed E-state index contributed by atoms with van der Waals surface area (Å²) >= 11 is 0. The van der Waals surface area contributed by atoms with Gasteiger partial charge < -0.3 is 15.5 Å². The second-order valence-corrected chi connectivity index (χ2v) is 4.44. The molecule has 5 nitrogen and oxygen atoms in total. The quantitative estimate of drug-likeness (QED) is 0.732. The zero-order valence-electron chi connectivity index (χ0n) is 11.0. The van der Waals surface area contributed by atoms with Gasteiger partial charge in [-0.05, 0) is 38.1 Å². The van der Waals surface area contributed by atoms with Gasteiger partial charge >= 0.3 is 0 Å². The Morgan fingerprint density at radius 2 is 2.05 bits per heavy atom. The molecule has 0 aliphatic heterocycles. The van der Waals surface area contributed by atoms with Crippen LogP contribution in [0.4, 0.5) is 0 Å². The number of aromatic hydroxyl groups is 2. The summed E-state index contributed by atoms with van der Waals surface area (Å²) < 4.78 is 0. The normalized spacial score (nSPS) is 12.3. The highest BCUT2D eigenvalue weighted by Gasteiger charge is 2.11. The molecule has 19 heavy (non-hydrogen) atoms. The van der Waals surface area contributed by atoms with Gasteiger partial charge in [0.15, 0.2) is 0 Å². The Hall–Kier alpha value is -2.14. The molecule has 0 saturated heterocycles. The Morgan fingerprint density at radius 3 is 2.79 bits per heavy atom. The van der Waals surface area contributed by atoms with Crippen LogP contribution < -0.4 is 5.32 Å². The van der Waals surface area contributed by atoms with E-state index in [-0.39, 0.29) is 17.5 Å². The summed E-state index contributed by atoms with van der Waals surface area (Å²) in [5.41, 5.74) is 1.55. The molecule has 0 amide bonds. The van der Waals surface area contributed by atoms with E-state index in [0.29, 0.717) is 12.1 Å². The molecule has 0 radical (unpaired) electrons. The number of nitrogens with zero attached hydrogens (tertiary/aromatic N) is 2. The number of hydrogen-bond donors (Lipinski definition) is 3. The molecule has 0 fully saturated rings. The van der Waals surface area contributed by atoms with Crippen molar-refractivity contribution in [3.05, 3.63) is 47.5 Å². The van der Waals surface area contributed by atoms with Crippen LogP contribution in [0.5, 0.6) is 11.5 Å². The minimum atomic E-state index is -0.0950. The van der Waals surface area contributed by atoms with E-state index in [2.05, 4.69) is 15.3 Å². The first-order valence-corrected chi connectivity index (χ1v) is 6.10. The highest BCUT2D eigenvalue weighted by molar-refractivity contribution is 5.40. The van der Waals surface area contributed by atoms with Crippen molar-refractivity contribution in [2.75, 3.05) is 0 Å². The molecule has 2 rings (SSSR count). The lowest BCUT2D eigenvalue weighted by Crippen LogP contribution is -2.19. The number of hydrogen-bond acceptors (Lipinski definition) is 5. The molecule has 0 spiro atoms. The van der Waals surface area contributed by atoms with Crippen LogP contribution in [0.25, 0.3) is 0 Å². The van der Waals surface area contributed by atoms with E-state index >= 15 is 0 Å². The van der Waals surface area contributed by atoms with Gasteiger partial charge in [-0.1, -0.05) is 0 Å². The summed E-state index contributed by atoms with van der Waals surface area (Å²) in [5.74, 6) is 1.03. The molecule has 1 unspecified atom stereocenters. The average molecular weight is 259 g/mol. The van der Waals surface area contributed by atoms with Crippen LogP contribution >= 0.6 is 0 Å². The molecule has 0 aliphatic rings. The third-order valence-electron chi connectivity index (χ3n) is 2.90. The van der Waals surface area contributed by atoms with E-state index in [9.17, 15) is 10.2 Å². The Morgan fingerprint density at radius 1 is 1.26 bits per heavy atom. The van der Waals surface area contributed by atoms with E-state index in [4.69, 9.17) is 0 Å². The lowest BCUT2D eigenvalue weighted by Gasteiger charge is -2.15. The number of phenols is 2. The van der Waals surface area contributed by atoms with E-state index < -0.39 is 0 Å². The highest BCUT2D eigenvalue weighted by Crippen LogP contribution is 2.27. The smallest absolute Gasteiger partial charge is 0.125 e. The summed E-state index contributed by atoms with van der Waals surface area (Å²) in [6.45, 7) is 4.33. The van der Waals surface area contributed by atoms with Gasteiger partial charge in [-0.2, -0.15) is 0 Å². The molecule has 1 aromatic carbocycles. The molecular weight excluding hydrogens is 242 g/mol. The average Bonchev–Trinajstić information content (AvgIpc) is 2.39. The predicted molar refractivity (Wildman–Crippen MR) is 71.8 cm³/mol. The van der Waals surface area contributed by atoms with Crippen LogP contribution in [0.1, 0.15) is 30.0 Å². The van der Waals surface area contributed by atoms with Gasteiger partial charge in [-0.25, -0.2) is 9.97 Å². The first-order valence-electron chi connectivity index (χ1n) is 6.10. The summed E-state index contributed by atoms with van der Waals surface area (Å²) in [6.07, 6.45) is 1.72. The lowest BCUT2D eigenvalue weighted by atomic mass is 10.1. The van der Waals surface area contributed by atoms with Gasteiger partial charge in [0, 0.05) is 24.3 Å². The second kappa shape index (κ2) is 5.67. The zero-order valence-corrected chi connectivity index (χ0v) is 11.0. The number of phenolic OH excluding ortho intramolecular Hbond substituents is 2. The van der Waals surface area contributed by atoms with Crippen molar-refractivity contribution in [3.63, 3.8) is 0 Å². The molecule has 2 aromatic rings. The summed E-state index contributed by atoms with van der Waals surface area (Å²) in [7, 11) is 0. The van der Waals surface area contributed by atoms with Crippen molar-refractivity contribution in [1.29, 1.82) is 0 Å². The number of aromatic nitrogens is 2. The Labute approximate surface area is 112 Å². The van der Waals surface area contributed by atoms with Crippen LogP contribution in [0, 0.1) is 6.92 Å². The fourth-order valence-corrected chi connectivity index (χ4v) is 1.86. The fourth-order valence-electron chi connectivity index (χ4n) is 1.86.